The predicted octanol–water partition coefficient (Wildman–Crippen LogP) is 0.316. The molecule has 0 aromatic heterocycles. The highest BCUT2D eigenvalue weighted by atomic mass is 79.9. The summed E-state index contributed by atoms with van der Waals surface area (Å²) in [7, 11) is 4.71. The molecule has 2 aromatic carbocycles. The van der Waals surface area contributed by atoms with Gasteiger partial charge in [0.05, 0.1) is 20.6 Å². The molecule has 2 aromatic rings. The largest absolute Gasteiger partial charge is 1.00 e. The van der Waals surface area contributed by atoms with Gasteiger partial charge in [0, 0.05) is 24.0 Å². The zero-order valence-electron chi connectivity index (χ0n) is 13.4. The fourth-order valence-corrected chi connectivity index (χ4v) is 4.38. The van der Waals surface area contributed by atoms with Crippen LogP contribution in [0.25, 0.3) is 11.1 Å². The van der Waals surface area contributed by atoms with Crippen LogP contribution in [0.5, 0.6) is 11.5 Å². The standard InChI is InChI=1S/C19H20NO2.BrH/c1-20(2)8-7-13-10-16-19(22-11-21-16)18-14-6-4-3-5-12(14)9-15(20)17(13)18;/h3-6,10,15H,7-9,11H2,1-2H3;1H/q+1;/p-1. The normalized spacial score (nSPS) is 21.9. The second kappa shape index (κ2) is 4.99. The molecule has 0 radical (unpaired) electrons. The summed E-state index contributed by atoms with van der Waals surface area (Å²) in [5.41, 5.74) is 7.01. The lowest BCUT2D eigenvalue weighted by Crippen LogP contribution is -3.00. The lowest BCUT2D eigenvalue weighted by molar-refractivity contribution is -0.923. The van der Waals surface area contributed by atoms with Crippen LogP contribution in [0.1, 0.15) is 22.7 Å². The molecule has 0 saturated heterocycles. The van der Waals surface area contributed by atoms with Crippen molar-refractivity contribution in [3.63, 3.8) is 0 Å². The quantitative estimate of drug-likeness (QED) is 0.619. The van der Waals surface area contributed by atoms with Gasteiger partial charge in [0.2, 0.25) is 6.79 Å². The molecule has 0 bridgehead atoms. The molecule has 23 heavy (non-hydrogen) atoms. The van der Waals surface area contributed by atoms with Crippen molar-refractivity contribution in [2.24, 2.45) is 0 Å². The van der Waals surface area contributed by atoms with Crippen LogP contribution in [0.4, 0.5) is 0 Å². The van der Waals surface area contributed by atoms with Gasteiger partial charge in [-0.25, -0.2) is 0 Å². The molecular formula is C19H20BrNO2. The average Bonchev–Trinajstić information content (AvgIpc) is 2.98. The number of quaternary nitrogens is 1. The van der Waals surface area contributed by atoms with Gasteiger partial charge in [-0.15, -0.1) is 0 Å². The Bertz CT molecular complexity index is 800. The molecule has 0 saturated carbocycles. The fourth-order valence-electron chi connectivity index (χ4n) is 4.38. The number of ether oxygens (including phenoxy) is 2. The second-order valence-electron chi connectivity index (χ2n) is 7.19. The lowest BCUT2D eigenvalue weighted by Gasteiger charge is -2.45. The Balaban J connectivity index is 0.00000135. The van der Waals surface area contributed by atoms with Crippen molar-refractivity contribution in [2.75, 3.05) is 27.4 Å². The molecule has 5 rings (SSSR count). The number of fused-ring (bicyclic) bond motifs is 4. The molecule has 4 heteroatoms. The third kappa shape index (κ3) is 1.98. The van der Waals surface area contributed by atoms with Gasteiger partial charge in [-0.1, -0.05) is 24.3 Å². The van der Waals surface area contributed by atoms with E-state index < -0.39 is 0 Å². The Morgan fingerprint density at radius 1 is 1.09 bits per heavy atom. The predicted molar refractivity (Wildman–Crippen MR) is 85.1 cm³/mol. The Labute approximate surface area is 147 Å². The number of benzene rings is 2. The van der Waals surface area contributed by atoms with E-state index in [0.29, 0.717) is 12.8 Å². The van der Waals surface area contributed by atoms with Gasteiger partial charge in [0.25, 0.3) is 0 Å². The number of hydrogen-bond donors (Lipinski definition) is 0. The van der Waals surface area contributed by atoms with E-state index >= 15 is 0 Å². The van der Waals surface area contributed by atoms with Crippen molar-refractivity contribution in [2.45, 2.75) is 18.9 Å². The highest BCUT2D eigenvalue weighted by molar-refractivity contribution is 5.83. The first-order valence-corrected chi connectivity index (χ1v) is 8.01. The van der Waals surface area contributed by atoms with E-state index in [0.717, 1.165) is 28.8 Å². The van der Waals surface area contributed by atoms with E-state index in [1.165, 1.54) is 34.4 Å². The Kier molecular flexibility index (Phi) is 3.26. The number of likely N-dealkylation sites (N-methyl/N-ethyl adjacent to an activating group) is 1. The monoisotopic (exact) mass is 373 g/mol. The van der Waals surface area contributed by atoms with Crippen molar-refractivity contribution < 1.29 is 30.9 Å². The zero-order chi connectivity index (χ0) is 14.9. The van der Waals surface area contributed by atoms with Crippen molar-refractivity contribution in [3.8, 4) is 22.6 Å². The maximum absolute atomic E-state index is 5.86. The van der Waals surface area contributed by atoms with Gasteiger partial charge in [-0.3, -0.25) is 0 Å². The molecule has 1 unspecified atom stereocenters. The van der Waals surface area contributed by atoms with Crippen LogP contribution in [0.2, 0.25) is 0 Å². The maximum atomic E-state index is 5.86. The summed E-state index contributed by atoms with van der Waals surface area (Å²) >= 11 is 0. The van der Waals surface area contributed by atoms with Crippen LogP contribution in [-0.2, 0) is 12.8 Å². The van der Waals surface area contributed by atoms with Crippen molar-refractivity contribution >= 4 is 0 Å². The summed E-state index contributed by atoms with van der Waals surface area (Å²) in [5, 5.41) is 0. The Morgan fingerprint density at radius 3 is 2.78 bits per heavy atom. The lowest BCUT2D eigenvalue weighted by atomic mass is 9.76. The van der Waals surface area contributed by atoms with E-state index in [1.807, 2.05) is 0 Å². The SMILES string of the molecule is C[N+]1(C)CCc2cc3c(c4c2C1Cc1ccccc1-4)OCO3.[Br-]. The topological polar surface area (TPSA) is 18.5 Å². The summed E-state index contributed by atoms with van der Waals surface area (Å²) in [6, 6.07) is 11.5. The van der Waals surface area contributed by atoms with E-state index in [1.54, 1.807) is 0 Å². The molecule has 3 nitrogen and oxygen atoms in total. The van der Waals surface area contributed by atoms with Crippen molar-refractivity contribution in [1.82, 2.24) is 0 Å². The van der Waals surface area contributed by atoms with Crippen LogP contribution < -0.4 is 26.5 Å². The number of hydrogen-bond acceptors (Lipinski definition) is 2. The second-order valence-corrected chi connectivity index (χ2v) is 7.19. The molecule has 120 valence electrons. The fraction of sp³-hybridized carbons (Fsp3) is 0.368. The maximum Gasteiger partial charge on any atom is 0.231 e. The highest BCUT2D eigenvalue weighted by Crippen LogP contribution is 2.54. The van der Waals surface area contributed by atoms with E-state index in [-0.39, 0.29) is 17.0 Å². The van der Waals surface area contributed by atoms with Crippen LogP contribution in [0.15, 0.2) is 30.3 Å². The summed E-state index contributed by atoms with van der Waals surface area (Å²) in [6.45, 7) is 1.52. The van der Waals surface area contributed by atoms with Crippen LogP contribution in [-0.4, -0.2) is 31.9 Å². The Hall–Kier alpha value is -1.52. The molecule has 3 aliphatic rings. The third-order valence-corrected chi connectivity index (χ3v) is 5.62. The van der Waals surface area contributed by atoms with Crippen molar-refractivity contribution in [3.05, 3.63) is 47.0 Å². The Morgan fingerprint density at radius 2 is 1.91 bits per heavy atom. The molecule has 0 fully saturated rings. The molecule has 2 heterocycles. The van der Waals surface area contributed by atoms with Crippen LogP contribution >= 0.6 is 0 Å². The minimum absolute atomic E-state index is 0. The molecular weight excluding hydrogens is 354 g/mol. The molecule has 0 spiro atoms. The van der Waals surface area contributed by atoms with E-state index in [2.05, 4.69) is 44.4 Å². The number of rotatable bonds is 0. The third-order valence-electron chi connectivity index (χ3n) is 5.62. The van der Waals surface area contributed by atoms with E-state index in [9.17, 15) is 0 Å². The zero-order valence-corrected chi connectivity index (χ0v) is 15.0. The number of halogens is 1. The summed E-state index contributed by atoms with van der Waals surface area (Å²) in [6.07, 6.45) is 2.23. The molecule has 0 amide bonds. The van der Waals surface area contributed by atoms with E-state index in [4.69, 9.17) is 9.47 Å². The molecule has 0 N–H and O–H groups in total. The van der Waals surface area contributed by atoms with Gasteiger partial charge in [-0.2, -0.15) is 0 Å². The van der Waals surface area contributed by atoms with Crippen LogP contribution in [0.3, 0.4) is 0 Å². The molecule has 1 aliphatic carbocycles. The minimum atomic E-state index is 0. The highest BCUT2D eigenvalue weighted by Gasteiger charge is 2.43. The summed E-state index contributed by atoms with van der Waals surface area (Å²) in [4.78, 5) is 0. The molecule has 2 aliphatic heterocycles. The number of nitrogens with zero attached hydrogens (tertiary/aromatic N) is 1. The first kappa shape index (κ1) is 15.0. The minimum Gasteiger partial charge on any atom is -1.00 e. The summed E-state index contributed by atoms with van der Waals surface area (Å²) < 4.78 is 12.6. The van der Waals surface area contributed by atoms with Gasteiger partial charge in [-0.05, 0) is 22.8 Å². The van der Waals surface area contributed by atoms with Gasteiger partial charge >= 0.3 is 0 Å². The van der Waals surface area contributed by atoms with Gasteiger partial charge in [0.1, 0.15) is 6.04 Å². The first-order valence-electron chi connectivity index (χ1n) is 8.01. The van der Waals surface area contributed by atoms with Crippen molar-refractivity contribution in [1.29, 1.82) is 0 Å². The van der Waals surface area contributed by atoms with Crippen LogP contribution in [0, 0.1) is 0 Å². The van der Waals surface area contributed by atoms with Gasteiger partial charge < -0.3 is 30.9 Å². The average molecular weight is 374 g/mol. The first-order chi connectivity index (χ1) is 10.6. The summed E-state index contributed by atoms with van der Waals surface area (Å²) in [5.74, 6) is 1.88. The smallest absolute Gasteiger partial charge is 0.231 e. The van der Waals surface area contributed by atoms with Gasteiger partial charge in [0.15, 0.2) is 11.5 Å². The molecule has 1 atom stereocenters.